The normalized spacial score (nSPS) is 20.0. The molecule has 3 rings (SSSR count). The van der Waals surface area contributed by atoms with Crippen molar-refractivity contribution in [2.45, 2.75) is 25.0 Å². The summed E-state index contributed by atoms with van der Waals surface area (Å²) in [7, 11) is 1.57. The van der Waals surface area contributed by atoms with E-state index in [-0.39, 0.29) is 19.1 Å². The fourth-order valence-electron chi connectivity index (χ4n) is 3.28. The van der Waals surface area contributed by atoms with Crippen LogP contribution in [0.2, 0.25) is 0 Å². The lowest BCUT2D eigenvalue weighted by Gasteiger charge is -2.26. The largest absolute Gasteiger partial charge is 0.497 e. The summed E-state index contributed by atoms with van der Waals surface area (Å²) in [5, 5.41) is 13.1. The van der Waals surface area contributed by atoms with Gasteiger partial charge in [-0.1, -0.05) is 37.3 Å². The number of nitrogens with one attached hydrogen (secondary N) is 1. The van der Waals surface area contributed by atoms with Crippen LogP contribution >= 0.6 is 0 Å². The minimum Gasteiger partial charge on any atom is -0.497 e. The maximum atomic E-state index is 13.0. The van der Waals surface area contributed by atoms with Gasteiger partial charge in [0.1, 0.15) is 29.7 Å². The first-order valence-electron chi connectivity index (χ1n) is 9.14. The second-order valence-electron chi connectivity index (χ2n) is 6.61. The number of amides is 3. The molecule has 1 fully saturated rings. The van der Waals surface area contributed by atoms with Crippen LogP contribution in [0.25, 0.3) is 0 Å². The van der Waals surface area contributed by atoms with E-state index >= 15 is 0 Å². The van der Waals surface area contributed by atoms with Crippen molar-refractivity contribution in [2.75, 3.05) is 20.3 Å². The highest BCUT2D eigenvalue weighted by molar-refractivity contribution is 6.07. The van der Waals surface area contributed by atoms with Gasteiger partial charge in [0.15, 0.2) is 0 Å². The van der Waals surface area contributed by atoms with Gasteiger partial charge in [0.05, 0.1) is 13.7 Å². The molecule has 2 aromatic rings. The van der Waals surface area contributed by atoms with E-state index in [4.69, 9.17) is 9.47 Å². The van der Waals surface area contributed by atoms with E-state index in [1.807, 2.05) is 37.3 Å². The summed E-state index contributed by atoms with van der Waals surface area (Å²) >= 11 is 0. The van der Waals surface area contributed by atoms with Crippen molar-refractivity contribution in [3.8, 4) is 11.5 Å². The molecular formula is C21H24N2O5. The molecule has 3 amide bonds. The van der Waals surface area contributed by atoms with Crippen LogP contribution in [-0.2, 0) is 10.3 Å². The highest BCUT2D eigenvalue weighted by atomic mass is 16.5. The molecule has 0 spiro atoms. The van der Waals surface area contributed by atoms with E-state index in [0.29, 0.717) is 17.9 Å². The fraction of sp³-hybridized carbons (Fsp3) is 0.333. The molecule has 0 aliphatic carbocycles. The minimum atomic E-state index is -1.10. The van der Waals surface area contributed by atoms with Crippen molar-refractivity contribution in [1.82, 2.24) is 10.2 Å². The van der Waals surface area contributed by atoms with Gasteiger partial charge < -0.3 is 19.9 Å². The second-order valence-corrected chi connectivity index (χ2v) is 6.61. The second kappa shape index (κ2) is 8.31. The average molecular weight is 384 g/mol. The molecule has 2 atom stereocenters. The molecule has 1 heterocycles. The molecule has 0 bridgehead atoms. The summed E-state index contributed by atoms with van der Waals surface area (Å²) in [6.07, 6.45) is -0.600. The van der Waals surface area contributed by atoms with Gasteiger partial charge in [-0.2, -0.15) is 0 Å². The molecule has 2 aromatic carbocycles. The lowest BCUT2D eigenvalue weighted by molar-refractivity contribution is -0.132. The first kappa shape index (κ1) is 19.7. The molecule has 0 aromatic heterocycles. The number of hydrogen-bond acceptors (Lipinski definition) is 5. The zero-order valence-corrected chi connectivity index (χ0v) is 15.9. The SMILES string of the molecule is CCC1(c2ccccc2)NC(=O)N(CC(O)COc2ccc(OC)cc2)C1=O. The molecule has 28 heavy (non-hydrogen) atoms. The van der Waals surface area contributed by atoms with Crippen molar-refractivity contribution in [1.29, 1.82) is 0 Å². The molecule has 2 unspecified atom stereocenters. The molecule has 1 aliphatic rings. The fourth-order valence-corrected chi connectivity index (χ4v) is 3.28. The Balaban J connectivity index is 1.64. The number of aliphatic hydroxyl groups is 1. The van der Waals surface area contributed by atoms with Crippen molar-refractivity contribution in [3.63, 3.8) is 0 Å². The van der Waals surface area contributed by atoms with Gasteiger partial charge >= 0.3 is 6.03 Å². The van der Waals surface area contributed by atoms with E-state index in [0.717, 1.165) is 10.5 Å². The third-order valence-corrected chi connectivity index (χ3v) is 4.87. The molecular weight excluding hydrogens is 360 g/mol. The highest BCUT2D eigenvalue weighted by Gasteiger charge is 2.51. The molecule has 0 radical (unpaired) electrons. The summed E-state index contributed by atoms with van der Waals surface area (Å²) in [5.74, 6) is 0.892. The number of carbonyl (C=O) groups excluding carboxylic acids is 2. The van der Waals surface area contributed by atoms with Crippen molar-refractivity contribution in [3.05, 3.63) is 60.2 Å². The maximum absolute atomic E-state index is 13.0. The summed E-state index contributed by atoms with van der Waals surface area (Å²) < 4.78 is 10.6. The number of hydrogen-bond donors (Lipinski definition) is 2. The van der Waals surface area contributed by atoms with E-state index in [1.165, 1.54) is 0 Å². The van der Waals surface area contributed by atoms with Crippen molar-refractivity contribution < 1.29 is 24.2 Å². The number of ether oxygens (including phenoxy) is 2. The number of benzene rings is 2. The van der Waals surface area contributed by atoms with Crippen LogP contribution in [0.15, 0.2) is 54.6 Å². The number of nitrogens with zero attached hydrogens (tertiary/aromatic N) is 1. The van der Waals surface area contributed by atoms with Crippen LogP contribution in [0.3, 0.4) is 0 Å². The van der Waals surface area contributed by atoms with Gasteiger partial charge in [0, 0.05) is 0 Å². The van der Waals surface area contributed by atoms with Crippen LogP contribution in [0, 0.1) is 0 Å². The predicted octanol–water partition coefficient (Wildman–Crippen LogP) is 2.29. The van der Waals surface area contributed by atoms with Crippen molar-refractivity contribution >= 4 is 11.9 Å². The molecule has 1 saturated heterocycles. The summed E-state index contributed by atoms with van der Waals surface area (Å²) in [4.78, 5) is 26.5. The zero-order chi connectivity index (χ0) is 20.1. The third-order valence-electron chi connectivity index (χ3n) is 4.87. The smallest absolute Gasteiger partial charge is 0.325 e. The minimum absolute atomic E-state index is 0.0478. The number of carbonyl (C=O) groups is 2. The maximum Gasteiger partial charge on any atom is 0.325 e. The summed E-state index contributed by atoms with van der Waals surface area (Å²) in [6, 6.07) is 15.5. The van der Waals surface area contributed by atoms with Gasteiger partial charge in [-0.3, -0.25) is 9.69 Å². The Hall–Kier alpha value is -3.06. The van der Waals surface area contributed by atoms with Gasteiger partial charge in [0.2, 0.25) is 0 Å². The molecule has 7 heteroatoms. The Morgan fingerprint density at radius 2 is 1.71 bits per heavy atom. The van der Waals surface area contributed by atoms with Gasteiger partial charge in [-0.15, -0.1) is 0 Å². The number of β-amino-alcohol motifs (C(OH)–C–C–N with tert-alkyl or cyclic N) is 1. The Morgan fingerprint density at radius 1 is 1.07 bits per heavy atom. The Morgan fingerprint density at radius 3 is 2.32 bits per heavy atom. The van der Waals surface area contributed by atoms with Crippen LogP contribution in [0.1, 0.15) is 18.9 Å². The number of aliphatic hydroxyl groups excluding tert-OH is 1. The highest BCUT2D eigenvalue weighted by Crippen LogP contribution is 2.32. The van der Waals surface area contributed by atoms with E-state index in [2.05, 4.69) is 5.32 Å². The third kappa shape index (κ3) is 3.80. The topological polar surface area (TPSA) is 88.1 Å². The Labute approximate surface area is 163 Å². The average Bonchev–Trinajstić information content (AvgIpc) is 2.98. The van der Waals surface area contributed by atoms with Crippen molar-refractivity contribution in [2.24, 2.45) is 0 Å². The molecule has 7 nitrogen and oxygen atoms in total. The Bertz CT molecular complexity index is 824. The molecule has 2 N–H and O–H groups in total. The first-order chi connectivity index (χ1) is 13.5. The number of methoxy groups -OCH3 is 1. The monoisotopic (exact) mass is 384 g/mol. The van der Waals surface area contributed by atoms with E-state index in [9.17, 15) is 14.7 Å². The lowest BCUT2D eigenvalue weighted by atomic mass is 9.87. The van der Waals surface area contributed by atoms with Gasteiger partial charge in [-0.05, 0) is 36.2 Å². The predicted molar refractivity (Wildman–Crippen MR) is 103 cm³/mol. The first-order valence-corrected chi connectivity index (χ1v) is 9.14. The molecule has 0 saturated carbocycles. The molecule has 1 aliphatic heterocycles. The van der Waals surface area contributed by atoms with Crippen LogP contribution in [0.4, 0.5) is 4.79 Å². The Kier molecular flexibility index (Phi) is 5.84. The van der Waals surface area contributed by atoms with Crippen LogP contribution in [-0.4, -0.2) is 48.3 Å². The molecule has 148 valence electrons. The van der Waals surface area contributed by atoms with Gasteiger partial charge in [-0.25, -0.2) is 4.79 Å². The standard InChI is InChI=1S/C21H24N2O5/c1-3-21(15-7-5-4-6-8-15)19(25)23(20(26)22-21)13-16(24)14-28-18-11-9-17(27-2)10-12-18/h4-12,16,24H,3,13-14H2,1-2H3,(H,22,26). The zero-order valence-electron chi connectivity index (χ0n) is 15.9. The number of rotatable bonds is 8. The van der Waals surface area contributed by atoms with Crippen LogP contribution in [0.5, 0.6) is 11.5 Å². The van der Waals surface area contributed by atoms with E-state index < -0.39 is 17.7 Å². The van der Waals surface area contributed by atoms with Crippen LogP contribution < -0.4 is 14.8 Å². The van der Waals surface area contributed by atoms with E-state index in [1.54, 1.807) is 31.4 Å². The number of urea groups is 1. The lowest BCUT2D eigenvalue weighted by Crippen LogP contribution is -2.44. The summed E-state index contributed by atoms with van der Waals surface area (Å²) in [5.41, 5.74) is -0.378. The quantitative estimate of drug-likeness (QED) is 0.682. The summed E-state index contributed by atoms with van der Waals surface area (Å²) in [6.45, 7) is 1.65. The van der Waals surface area contributed by atoms with Gasteiger partial charge in [0.25, 0.3) is 5.91 Å². The number of imide groups is 1.